The molecule has 4 nitrogen and oxygen atoms in total. The van der Waals surface area contributed by atoms with E-state index in [9.17, 15) is 9.59 Å². The minimum Gasteiger partial charge on any atom is -0.468 e. The van der Waals surface area contributed by atoms with Gasteiger partial charge in [0.1, 0.15) is 0 Å². The van der Waals surface area contributed by atoms with Gasteiger partial charge in [-0.2, -0.15) is 0 Å². The standard InChI is InChI=1S/C17H18O4/c1-5-12-9-17(15(18)20-3,16(19)21-4)10-14-11(2)7-6-8-13(12)14/h6-8H,1,9-10H2,2-4H3. The summed E-state index contributed by atoms with van der Waals surface area (Å²) in [6.45, 7) is 5.63. The van der Waals surface area contributed by atoms with Crippen molar-refractivity contribution in [3.05, 3.63) is 47.2 Å². The fraction of sp³-hybridized carbons (Fsp3) is 0.353. The highest BCUT2D eigenvalue weighted by Gasteiger charge is 2.52. The third kappa shape index (κ3) is 2.28. The molecule has 0 unspecified atom stereocenters. The Morgan fingerprint density at radius 1 is 1.19 bits per heavy atom. The number of fused-ring (bicyclic) bond motifs is 1. The summed E-state index contributed by atoms with van der Waals surface area (Å²) in [5.41, 5.74) is 5.15. The summed E-state index contributed by atoms with van der Waals surface area (Å²) in [4.78, 5) is 24.6. The molecule has 0 saturated heterocycles. The van der Waals surface area contributed by atoms with Gasteiger partial charge < -0.3 is 9.47 Å². The van der Waals surface area contributed by atoms with Gasteiger partial charge in [-0.3, -0.25) is 9.59 Å². The van der Waals surface area contributed by atoms with Crippen LogP contribution in [-0.4, -0.2) is 26.2 Å². The summed E-state index contributed by atoms with van der Waals surface area (Å²) >= 11 is 0. The smallest absolute Gasteiger partial charge is 0.323 e. The number of esters is 2. The molecule has 2 rings (SSSR count). The zero-order valence-corrected chi connectivity index (χ0v) is 12.5. The topological polar surface area (TPSA) is 52.6 Å². The van der Waals surface area contributed by atoms with E-state index in [1.165, 1.54) is 14.2 Å². The Balaban J connectivity index is 2.68. The summed E-state index contributed by atoms with van der Waals surface area (Å²) in [5.74, 6) is -1.17. The van der Waals surface area contributed by atoms with Crippen LogP contribution in [0.1, 0.15) is 23.1 Å². The van der Waals surface area contributed by atoms with E-state index in [0.717, 1.165) is 22.3 Å². The quantitative estimate of drug-likeness (QED) is 0.476. The van der Waals surface area contributed by atoms with Crippen LogP contribution >= 0.6 is 0 Å². The summed E-state index contributed by atoms with van der Waals surface area (Å²) in [6, 6.07) is 5.84. The molecule has 0 aromatic heterocycles. The number of carbonyl (C=O) groups excluding carboxylic acids is 2. The molecule has 1 aromatic rings. The molecule has 0 atom stereocenters. The molecule has 110 valence electrons. The number of methoxy groups -OCH3 is 2. The Bertz CT molecular complexity index is 635. The van der Waals surface area contributed by atoms with Crippen molar-refractivity contribution < 1.29 is 19.1 Å². The van der Waals surface area contributed by atoms with E-state index >= 15 is 0 Å². The number of hydrogen-bond donors (Lipinski definition) is 0. The lowest BCUT2D eigenvalue weighted by atomic mass is 9.68. The Labute approximate surface area is 124 Å². The normalized spacial score (nSPS) is 15.7. The van der Waals surface area contributed by atoms with Crippen LogP contribution in [0.15, 0.2) is 30.5 Å². The van der Waals surface area contributed by atoms with Gasteiger partial charge in [0, 0.05) is 18.4 Å². The molecule has 21 heavy (non-hydrogen) atoms. The van der Waals surface area contributed by atoms with Crippen molar-refractivity contribution in [2.24, 2.45) is 5.41 Å². The Morgan fingerprint density at radius 3 is 2.33 bits per heavy atom. The van der Waals surface area contributed by atoms with E-state index < -0.39 is 17.4 Å². The van der Waals surface area contributed by atoms with Crippen molar-refractivity contribution in [2.75, 3.05) is 14.2 Å². The van der Waals surface area contributed by atoms with E-state index in [4.69, 9.17) is 9.47 Å². The molecule has 0 saturated carbocycles. The number of rotatable bonds is 2. The third-order valence-electron chi connectivity index (χ3n) is 4.06. The fourth-order valence-corrected chi connectivity index (χ4v) is 2.90. The van der Waals surface area contributed by atoms with E-state index in [1.54, 1.807) is 0 Å². The number of allylic oxidation sites excluding steroid dienone is 1. The van der Waals surface area contributed by atoms with Crippen LogP contribution in [-0.2, 0) is 25.5 Å². The zero-order valence-electron chi connectivity index (χ0n) is 12.5. The first-order valence-electron chi connectivity index (χ1n) is 6.64. The molecule has 0 amide bonds. The lowest BCUT2D eigenvalue weighted by Gasteiger charge is -2.34. The highest BCUT2D eigenvalue weighted by atomic mass is 16.5. The van der Waals surface area contributed by atoms with Gasteiger partial charge in [-0.1, -0.05) is 24.8 Å². The monoisotopic (exact) mass is 286 g/mol. The molecule has 1 aromatic carbocycles. The maximum atomic E-state index is 12.3. The first-order valence-corrected chi connectivity index (χ1v) is 6.64. The van der Waals surface area contributed by atoms with Gasteiger partial charge in [-0.25, -0.2) is 0 Å². The number of carbonyl (C=O) groups is 2. The van der Waals surface area contributed by atoms with Crippen LogP contribution in [0.4, 0.5) is 0 Å². The fourth-order valence-electron chi connectivity index (χ4n) is 2.90. The molecule has 0 fully saturated rings. The van der Waals surface area contributed by atoms with Gasteiger partial charge in [0.25, 0.3) is 0 Å². The van der Waals surface area contributed by atoms with Gasteiger partial charge in [-0.15, -0.1) is 5.73 Å². The molecule has 0 heterocycles. The van der Waals surface area contributed by atoms with Crippen LogP contribution in [0.25, 0.3) is 5.57 Å². The molecular formula is C17H18O4. The van der Waals surface area contributed by atoms with Crippen LogP contribution in [0, 0.1) is 12.3 Å². The zero-order chi connectivity index (χ0) is 15.6. The van der Waals surface area contributed by atoms with Crippen LogP contribution in [0.5, 0.6) is 0 Å². The minimum absolute atomic E-state index is 0.187. The predicted octanol–water partition coefficient (Wildman–Crippen LogP) is 2.44. The lowest BCUT2D eigenvalue weighted by Crippen LogP contribution is -2.45. The summed E-state index contributed by atoms with van der Waals surface area (Å²) in [7, 11) is 2.55. The van der Waals surface area contributed by atoms with Crippen molar-refractivity contribution in [2.45, 2.75) is 19.8 Å². The molecule has 0 radical (unpaired) electrons. The van der Waals surface area contributed by atoms with Crippen molar-refractivity contribution in [1.29, 1.82) is 0 Å². The first kappa shape index (κ1) is 15.1. The van der Waals surface area contributed by atoms with Crippen molar-refractivity contribution in [3.8, 4) is 0 Å². The molecule has 0 spiro atoms. The Morgan fingerprint density at radius 2 is 1.81 bits per heavy atom. The minimum atomic E-state index is -1.36. The average Bonchev–Trinajstić information content (AvgIpc) is 2.52. The maximum absolute atomic E-state index is 12.3. The third-order valence-corrected chi connectivity index (χ3v) is 4.06. The predicted molar refractivity (Wildman–Crippen MR) is 78.5 cm³/mol. The van der Waals surface area contributed by atoms with E-state index in [2.05, 4.69) is 12.3 Å². The largest absolute Gasteiger partial charge is 0.468 e. The van der Waals surface area contributed by atoms with Gasteiger partial charge in [0.2, 0.25) is 0 Å². The molecule has 4 heteroatoms. The second-order valence-electron chi connectivity index (χ2n) is 5.18. The van der Waals surface area contributed by atoms with Gasteiger partial charge in [0.15, 0.2) is 5.41 Å². The average molecular weight is 286 g/mol. The first-order chi connectivity index (χ1) is 10.00. The Hall–Kier alpha value is -2.32. The second-order valence-corrected chi connectivity index (χ2v) is 5.18. The SMILES string of the molecule is C=C=C1CC(C(=O)OC)(C(=O)OC)Cc2c(C)cccc21. The number of aryl methyl sites for hydroxylation is 1. The van der Waals surface area contributed by atoms with Gasteiger partial charge >= 0.3 is 11.9 Å². The van der Waals surface area contributed by atoms with Crippen molar-refractivity contribution in [1.82, 2.24) is 0 Å². The summed E-state index contributed by atoms with van der Waals surface area (Å²) in [5, 5.41) is 0. The van der Waals surface area contributed by atoms with Crippen LogP contribution < -0.4 is 0 Å². The number of hydrogen-bond acceptors (Lipinski definition) is 4. The highest BCUT2D eigenvalue weighted by Crippen LogP contribution is 2.44. The lowest BCUT2D eigenvalue weighted by molar-refractivity contribution is -0.169. The molecule has 0 N–H and O–H groups in total. The number of benzene rings is 1. The van der Waals surface area contributed by atoms with E-state index in [1.807, 2.05) is 25.1 Å². The second kappa shape index (κ2) is 5.58. The molecular weight excluding hydrogens is 268 g/mol. The van der Waals surface area contributed by atoms with E-state index in [-0.39, 0.29) is 12.8 Å². The van der Waals surface area contributed by atoms with E-state index in [0.29, 0.717) is 0 Å². The van der Waals surface area contributed by atoms with Crippen LogP contribution in [0.3, 0.4) is 0 Å². The summed E-state index contributed by atoms with van der Waals surface area (Å²) < 4.78 is 9.72. The van der Waals surface area contributed by atoms with Gasteiger partial charge in [-0.05, 0) is 23.6 Å². The molecule has 1 aliphatic rings. The van der Waals surface area contributed by atoms with Crippen molar-refractivity contribution in [3.63, 3.8) is 0 Å². The number of ether oxygens (including phenoxy) is 2. The molecule has 0 aliphatic heterocycles. The van der Waals surface area contributed by atoms with Crippen LogP contribution in [0.2, 0.25) is 0 Å². The van der Waals surface area contributed by atoms with Crippen molar-refractivity contribution >= 4 is 17.5 Å². The molecule has 1 aliphatic carbocycles. The Kier molecular flexibility index (Phi) is 4.01. The maximum Gasteiger partial charge on any atom is 0.323 e. The van der Waals surface area contributed by atoms with Gasteiger partial charge in [0.05, 0.1) is 14.2 Å². The summed E-state index contributed by atoms with van der Waals surface area (Å²) in [6.07, 6.45) is 0.450. The molecule has 0 bridgehead atoms. The highest BCUT2D eigenvalue weighted by molar-refractivity contribution is 6.03.